The Morgan fingerprint density at radius 3 is 2.70 bits per heavy atom. The Kier molecular flexibility index (Phi) is 5.91. The van der Waals surface area contributed by atoms with E-state index in [4.69, 9.17) is 10.2 Å². The molecule has 0 spiro atoms. The lowest BCUT2D eigenvalue weighted by Gasteiger charge is -2.07. The Morgan fingerprint density at radius 1 is 1.70 bits per heavy atom. The highest BCUT2D eigenvalue weighted by molar-refractivity contribution is 9.11. The summed E-state index contributed by atoms with van der Waals surface area (Å²) in [5.74, 6) is 0. The summed E-state index contributed by atoms with van der Waals surface area (Å²) in [6.07, 6.45) is -0.674. The van der Waals surface area contributed by atoms with Gasteiger partial charge in [-0.2, -0.15) is 0 Å². The van der Waals surface area contributed by atoms with Gasteiger partial charge in [-0.05, 0) is 0 Å². The van der Waals surface area contributed by atoms with E-state index >= 15 is 0 Å². The summed E-state index contributed by atoms with van der Waals surface area (Å²) in [5.41, 5.74) is 0. The third-order valence-corrected chi connectivity index (χ3v) is 1.19. The van der Waals surface area contributed by atoms with E-state index in [-0.39, 0.29) is 6.61 Å². The van der Waals surface area contributed by atoms with Crippen LogP contribution < -0.4 is 5.32 Å². The van der Waals surface area contributed by atoms with Crippen LogP contribution in [0.15, 0.2) is 11.1 Å². The smallest absolute Gasteiger partial charge is 0.0895 e. The first-order valence-corrected chi connectivity index (χ1v) is 3.79. The van der Waals surface area contributed by atoms with Crippen LogP contribution in [-0.4, -0.2) is 36.0 Å². The van der Waals surface area contributed by atoms with Crippen molar-refractivity contribution in [3.63, 3.8) is 0 Å². The molecule has 0 bridgehead atoms. The maximum atomic E-state index is 8.81. The standard InChI is InChI=1S/C6H12BrNO2/c1-5(7)2-8-3-6(10)4-9/h6,8-10H,1-4H2. The van der Waals surface area contributed by atoms with Crippen molar-refractivity contribution in [2.75, 3.05) is 19.7 Å². The lowest BCUT2D eigenvalue weighted by molar-refractivity contribution is 0.0953. The molecule has 0 saturated carbocycles. The zero-order valence-electron chi connectivity index (χ0n) is 5.68. The van der Waals surface area contributed by atoms with Gasteiger partial charge >= 0.3 is 0 Å². The molecular formula is C6H12BrNO2. The number of nitrogens with one attached hydrogen (secondary N) is 1. The maximum Gasteiger partial charge on any atom is 0.0895 e. The molecule has 0 aliphatic heterocycles. The molecule has 0 aliphatic carbocycles. The van der Waals surface area contributed by atoms with Crippen LogP contribution in [0.3, 0.4) is 0 Å². The van der Waals surface area contributed by atoms with Crippen molar-refractivity contribution < 1.29 is 10.2 Å². The predicted molar refractivity (Wildman–Crippen MR) is 44.0 cm³/mol. The predicted octanol–water partition coefficient (Wildman–Crippen LogP) is -0.162. The number of aliphatic hydroxyl groups excluding tert-OH is 2. The van der Waals surface area contributed by atoms with Gasteiger partial charge in [-0.3, -0.25) is 0 Å². The Balaban J connectivity index is 3.11. The Hall–Kier alpha value is 0.1000. The highest BCUT2D eigenvalue weighted by Crippen LogP contribution is 1.96. The molecule has 1 atom stereocenters. The van der Waals surface area contributed by atoms with Crippen LogP contribution in [0, 0.1) is 0 Å². The third kappa shape index (κ3) is 6.22. The van der Waals surface area contributed by atoms with Gasteiger partial charge in [0, 0.05) is 17.6 Å². The van der Waals surface area contributed by atoms with Crippen LogP contribution >= 0.6 is 15.9 Å². The summed E-state index contributed by atoms with van der Waals surface area (Å²) in [4.78, 5) is 0. The Bertz CT molecular complexity index is 108. The SMILES string of the molecule is C=C(Br)CNCC(O)CO. The lowest BCUT2D eigenvalue weighted by atomic mass is 10.4. The van der Waals surface area contributed by atoms with Gasteiger partial charge in [0.15, 0.2) is 0 Å². The van der Waals surface area contributed by atoms with Crippen molar-refractivity contribution in [2.45, 2.75) is 6.10 Å². The van der Waals surface area contributed by atoms with Crippen LogP contribution in [0.4, 0.5) is 0 Å². The van der Waals surface area contributed by atoms with E-state index < -0.39 is 6.10 Å². The summed E-state index contributed by atoms with van der Waals surface area (Å²) in [7, 11) is 0. The minimum absolute atomic E-state index is 0.207. The van der Waals surface area contributed by atoms with Crippen LogP contribution in [-0.2, 0) is 0 Å². The van der Waals surface area contributed by atoms with Crippen molar-refractivity contribution in [3.05, 3.63) is 11.1 Å². The van der Waals surface area contributed by atoms with Gasteiger partial charge in [0.2, 0.25) is 0 Å². The highest BCUT2D eigenvalue weighted by atomic mass is 79.9. The van der Waals surface area contributed by atoms with Gasteiger partial charge in [-0.15, -0.1) is 0 Å². The van der Waals surface area contributed by atoms with E-state index in [1.165, 1.54) is 0 Å². The van der Waals surface area contributed by atoms with E-state index in [1.807, 2.05) is 0 Å². The Labute approximate surface area is 68.9 Å². The van der Waals surface area contributed by atoms with Crippen LogP contribution in [0.25, 0.3) is 0 Å². The van der Waals surface area contributed by atoms with Crippen molar-refractivity contribution in [1.82, 2.24) is 5.32 Å². The number of rotatable bonds is 5. The number of aliphatic hydroxyl groups is 2. The average Bonchev–Trinajstić information content (AvgIpc) is 1.87. The van der Waals surface area contributed by atoms with Crippen molar-refractivity contribution in [2.24, 2.45) is 0 Å². The second kappa shape index (κ2) is 5.85. The van der Waals surface area contributed by atoms with Crippen molar-refractivity contribution in [1.29, 1.82) is 0 Å². The van der Waals surface area contributed by atoms with Crippen LogP contribution in [0.1, 0.15) is 0 Å². The molecule has 3 nitrogen and oxygen atoms in total. The first kappa shape index (κ1) is 10.1. The van der Waals surface area contributed by atoms with Gasteiger partial charge in [0.05, 0.1) is 12.7 Å². The molecule has 0 aromatic carbocycles. The van der Waals surface area contributed by atoms with E-state index in [9.17, 15) is 0 Å². The maximum absolute atomic E-state index is 8.81. The molecule has 0 rings (SSSR count). The number of hydrogen-bond donors (Lipinski definition) is 3. The summed E-state index contributed by atoms with van der Waals surface area (Å²) in [6, 6.07) is 0. The van der Waals surface area contributed by atoms with Gasteiger partial charge < -0.3 is 15.5 Å². The number of halogens is 1. The molecule has 3 N–H and O–H groups in total. The topological polar surface area (TPSA) is 52.5 Å². The largest absolute Gasteiger partial charge is 0.394 e. The van der Waals surface area contributed by atoms with Gasteiger partial charge in [0.25, 0.3) is 0 Å². The minimum Gasteiger partial charge on any atom is -0.394 e. The molecule has 60 valence electrons. The second-order valence-corrected chi connectivity index (χ2v) is 3.11. The molecule has 0 saturated heterocycles. The van der Waals surface area contributed by atoms with Crippen molar-refractivity contribution >= 4 is 15.9 Å². The van der Waals surface area contributed by atoms with Gasteiger partial charge in [-0.1, -0.05) is 22.5 Å². The number of hydrogen-bond acceptors (Lipinski definition) is 3. The fourth-order valence-corrected chi connectivity index (χ4v) is 0.637. The quantitative estimate of drug-likeness (QED) is 0.590. The molecule has 0 heterocycles. The van der Waals surface area contributed by atoms with Crippen LogP contribution in [0.2, 0.25) is 0 Å². The normalized spacial score (nSPS) is 13.1. The van der Waals surface area contributed by atoms with E-state index in [1.54, 1.807) is 0 Å². The molecule has 0 amide bonds. The first-order valence-electron chi connectivity index (χ1n) is 2.99. The van der Waals surface area contributed by atoms with Crippen molar-refractivity contribution in [3.8, 4) is 0 Å². The molecule has 1 unspecified atom stereocenters. The molecule has 0 fully saturated rings. The molecule has 0 radical (unpaired) electrons. The lowest BCUT2D eigenvalue weighted by Crippen LogP contribution is -2.29. The molecule has 0 aromatic heterocycles. The van der Waals surface area contributed by atoms with E-state index in [2.05, 4.69) is 27.8 Å². The summed E-state index contributed by atoms with van der Waals surface area (Å²) >= 11 is 3.15. The summed E-state index contributed by atoms with van der Waals surface area (Å²) < 4.78 is 0.831. The summed E-state index contributed by atoms with van der Waals surface area (Å²) in [6.45, 7) is 4.38. The van der Waals surface area contributed by atoms with E-state index in [0.29, 0.717) is 13.1 Å². The molecular weight excluding hydrogens is 198 g/mol. The fourth-order valence-electron chi connectivity index (χ4n) is 0.439. The zero-order chi connectivity index (χ0) is 7.98. The molecule has 4 heteroatoms. The van der Waals surface area contributed by atoms with E-state index in [0.717, 1.165) is 4.48 Å². The molecule has 0 aliphatic rings. The fraction of sp³-hybridized carbons (Fsp3) is 0.667. The highest BCUT2D eigenvalue weighted by Gasteiger charge is 1.99. The molecule has 10 heavy (non-hydrogen) atoms. The first-order chi connectivity index (χ1) is 4.66. The Morgan fingerprint density at radius 2 is 2.30 bits per heavy atom. The van der Waals surface area contributed by atoms with Gasteiger partial charge in [-0.25, -0.2) is 0 Å². The van der Waals surface area contributed by atoms with Crippen LogP contribution in [0.5, 0.6) is 0 Å². The zero-order valence-corrected chi connectivity index (χ0v) is 7.26. The van der Waals surface area contributed by atoms with Gasteiger partial charge in [0.1, 0.15) is 0 Å². The monoisotopic (exact) mass is 209 g/mol. The molecule has 0 aromatic rings. The third-order valence-electron chi connectivity index (χ3n) is 0.908. The minimum atomic E-state index is -0.674. The second-order valence-electron chi connectivity index (χ2n) is 1.98. The summed E-state index contributed by atoms with van der Waals surface area (Å²) in [5, 5.41) is 20.1. The average molecular weight is 210 g/mol.